The molecule has 2 rings (SSSR count). The highest BCUT2D eigenvalue weighted by molar-refractivity contribution is 7.81. The highest BCUT2D eigenvalue weighted by Crippen LogP contribution is 2.29. The van der Waals surface area contributed by atoms with Crippen molar-refractivity contribution in [2.75, 3.05) is 13.2 Å². The molecule has 0 radical (unpaired) electrons. The lowest BCUT2D eigenvalue weighted by Gasteiger charge is -2.46. The SMILES string of the molecule is CC(=O)N[C@@H]1[C@@H](O)[C@H](O[C@@H]2O[C@H](COS(=O)(=O)O)[C@H](O)[C@H](O)[C@H]2O)[C@@H](COS(=O)(=O)O)O[C@@H]1O. The van der Waals surface area contributed by atoms with E-state index in [1.807, 2.05) is 0 Å². The number of hydrogen-bond donors (Lipinski definition) is 8. The number of aliphatic hydroxyl groups is 5. The molecular formula is C14H25NO17S2. The Morgan fingerprint density at radius 2 is 1.35 bits per heavy atom. The van der Waals surface area contributed by atoms with Gasteiger partial charge in [-0.05, 0) is 0 Å². The van der Waals surface area contributed by atoms with E-state index in [-0.39, 0.29) is 0 Å². The summed E-state index contributed by atoms with van der Waals surface area (Å²) < 4.78 is 84.7. The number of rotatable bonds is 9. The minimum Gasteiger partial charge on any atom is -0.388 e. The van der Waals surface area contributed by atoms with Gasteiger partial charge < -0.3 is 45.1 Å². The van der Waals surface area contributed by atoms with Crippen molar-refractivity contribution in [3.63, 3.8) is 0 Å². The first-order valence-corrected chi connectivity index (χ1v) is 12.1. The van der Waals surface area contributed by atoms with Crippen LogP contribution in [0.2, 0.25) is 0 Å². The van der Waals surface area contributed by atoms with Crippen LogP contribution in [0.15, 0.2) is 0 Å². The summed E-state index contributed by atoms with van der Waals surface area (Å²) in [5.74, 6) is -0.729. The van der Waals surface area contributed by atoms with E-state index in [2.05, 4.69) is 13.7 Å². The Labute approximate surface area is 192 Å². The highest BCUT2D eigenvalue weighted by Gasteiger charge is 2.51. The van der Waals surface area contributed by atoms with Gasteiger partial charge in [0.05, 0.1) is 13.2 Å². The molecule has 2 aliphatic heterocycles. The fourth-order valence-electron chi connectivity index (χ4n) is 3.26. The van der Waals surface area contributed by atoms with Gasteiger partial charge in [-0.25, -0.2) is 8.37 Å². The van der Waals surface area contributed by atoms with Crippen molar-refractivity contribution in [1.82, 2.24) is 5.32 Å². The van der Waals surface area contributed by atoms with Crippen LogP contribution in [0.4, 0.5) is 0 Å². The molecule has 1 amide bonds. The van der Waals surface area contributed by atoms with Gasteiger partial charge >= 0.3 is 20.8 Å². The third-order valence-corrected chi connectivity index (χ3v) is 5.65. The smallest absolute Gasteiger partial charge is 0.388 e. The summed E-state index contributed by atoms with van der Waals surface area (Å²) in [6, 6.07) is -1.56. The number of amides is 1. The average Bonchev–Trinajstić information content (AvgIpc) is 2.69. The van der Waals surface area contributed by atoms with Gasteiger partial charge in [0.15, 0.2) is 12.6 Å². The molecule has 0 aliphatic carbocycles. The Hall–Kier alpha value is -1.11. The van der Waals surface area contributed by atoms with Crippen molar-refractivity contribution in [2.24, 2.45) is 0 Å². The van der Waals surface area contributed by atoms with Crippen molar-refractivity contribution in [3.8, 4) is 0 Å². The lowest BCUT2D eigenvalue weighted by Crippen LogP contribution is -2.67. The lowest BCUT2D eigenvalue weighted by molar-refractivity contribution is -0.344. The Bertz CT molecular complexity index is 911. The maximum Gasteiger partial charge on any atom is 0.397 e. The maximum atomic E-state index is 11.4. The zero-order chi connectivity index (χ0) is 26.0. The predicted molar refractivity (Wildman–Crippen MR) is 101 cm³/mol. The molecule has 8 N–H and O–H groups in total. The summed E-state index contributed by atoms with van der Waals surface area (Å²) in [5, 5.41) is 53.1. The minimum atomic E-state index is -5.02. The van der Waals surface area contributed by atoms with Crippen LogP contribution < -0.4 is 5.32 Å². The molecule has 200 valence electrons. The molecule has 2 saturated heterocycles. The lowest BCUT2D eigenvalue weighted by atomic mass is 9.95. The van der Waals surface area contributed by atoms with E-state index in [0.29, 0.717) is 0 Å². The molecule has 10 atom stereocenters. The molecular weight excluding hydrogens is 518 g/mol. The van der Waals surface area contributed by atoms with Crippen LogP contribution in [0.25, 0.3) is 0 Å². The largest absolute Gasteiger partial charge is 0.397 e. The average molecular weight is 543 g/mol. The van der Waals surface area contributed by atoms with Crippen molar-refractivity contribution >= 4 is 26.7 Å². The number of nitrogens with one attached hydrogen (secondary N) is 1. The molecule has 18 nitrogen and oxygen atoms in total. The van der Waals surface area contributed by atoms with E-state index in [0.717, 1.165) is 6.92 Å². The van der Waals surface area contributed by atoms with Gasteiger partial charge in [0.25, 0.3) is 0 Å². The summed E-state index contributed by atoms with van der Waals surface area (Å²) >= 11 is 0. The second-order valence-corrected chi connectivity index (χ2v) is 9.50. The van der Waals surface area contributed by atoms with Gasteiger partial charge in [0.2, 0.25) is 5.91 Å². The number of carbonyl (C=O) groups excluding carboxylic acids is 1. The summed E-state index contributed by atoms with van der Waals surface area (Å²) in [4.78, 5) is 11.4. The third-order valence-electron chi connectivity index (χ3n) is 4.78. The molecule has 0 saturated carbocycles. The van der Waals surface area contributed by atoms with Crippen LogP contribution in [0.1, 0.15) is 6.92 Å². The molecule has 0 spiro atoms. The van der Waals surface area contributed by atoms with Gasteiger partial charge in [-0.15, -0.1) is 0 Å². The Morgan fingerprint density at radius 1 is 0.824 bits per heavy atom. The monoisotopic (exact) mass is 543 g/mol. The second-order valence-electron chi connectivity index (χ2n) is 7.32. The molecule has 2 aliphatic rings. The van der Waals surface area contributed by atoms with Crippen LogP contribution in [0.5, 0.6) is 0 Å². The van der Waals surface area contributed by atoms with E-state index in [9.17, 15) is 47.2 Å². The fraction of sp³-hybridized carbons (Fsp3) is 0.929. The zero-order valence-corrected chi connectivity index (χ0v) is 18.9. The van der Waals surface area contributed by atoms with E-state index >= 15 is 0 Å². The fourth-order valence-corrected chi connectivity index (χ4v) is 3.87. The number of carbonyl (C=O) groups is 1. The highest BCUT2D eigenvalue weighted by atomic mass is 32.3. The quantitative estimate of drug-likeness (QED) is 0.126. The van der Waals surface area contributed by atoms with Crippen LogP contribution in [-0.4, -0.2) is 132 Å². The Balaban J connectivity index is 2.27. The summed E-state index contributed by atoms with van der Waals surface area (Å²) in [6.45, 7) is -1.06. The van der Waals surface area contributed by atoms with Crippen LogP contribution in [-0.2, 0) is 48.2 Å². The summed E-state index contributed by atoms with van der Waals surface area (Å²) in [5.41, 5.74) is 0. The first kappa shape index (κ1) is 29.1. The molecule has 0 unspecified atom stereocenters. The van der Waals surface area contributed by atoms with E-state index in [1.54, 1.807) is 0 Å². The zero-order valence-electron chi connectivity index (χ0n) is 17.2. The number of hydrogen-bond acceptors (Lipinski definition) is 15. The van der Waals surface area contributed by atoms with Crippen molar-refractivity contribution in [2.45, 2.75) is 68.3 Å². The molecule has 0 aromatic heterocycles. The molecule has 0 aromatic carbocycles. The normalized spacial score (nSPS) is 39.5. The van der Waals surface area contributed by atoms with Gasteiger partial charge in [-0.2, -0.15) is 16.8 Å². The van der Waals surface area contributed by atoms with E-state index in [1.165, 1.54) is 0 Å². The predicted octanol–water partition coefficient (Wildman–Crippen LogP) is -5.60. The Kier molecular flexibility index (Phi) is 9.68. The third kappa shape index (κ3) is 7.96. The first-order chi connectivity index (χ1) is 15.5. The molecule has 20 heteroatoms. The van der Waals surface area contributed by atoms with Crippen molar-refractivity contribution in [1.29, 1.82) is 0 Å². The molecule has 0 bridgehead atoms. The van der Waals surface area contributed by atoms with E-state index < -0.39 is 101 Å². The van der Waals surface area contributed by atoms with Gasteiger partial charge in [0, 0.05) is 6.92 Å². The maximum absolute atomic E-state index is 11.4. The molecule has 2 fully saturated rings. The molecule has 34 heavy (non-hydrogen) atoms. The second kappa shape index (κ2) is 11.3. The van der Waals surface area contributed by atoms with Crippen LogP contribution in [0.3, 0.4) is 0 Å². The summed E-state index contributed by atoms with van der Waals surface area (Å²) in [6.07, 6.45) is -17.0. The number of aliphatic hydroxyl groups excluding tert-OH is 5. The van der Waals surface area contributed by atoms with Gasteiger partial charge in [-0.3, -0.25) is 13.9 Å². The van der Waals surface area contributed by atoms with Crippen molar-refractivity contribution in [3.05, 3.63) is 0 Å². The summed E-state index contributed by atoms with van der Waals surface area (Å²) in [7, 11) is -10.0. The minimum absolute atomic E-state index is 0.729. The Morgan fingerprint density at radius 3 is 1.85 bits per heavy atom. The molecule has 2 heterocycles. The van der Waals surface area contributed by atoms with Crippen molar-refractivity contribution < 1.29 is 78.8 Å². The number of ether oxygens (including phenoxy) is 3. The van der Waals surface area contributed by atoms with Crippen LogP contribution >= 0.6 is 0 Å². The first-order valence-electron chi connectivity index (χ1n) is 9.37. The van der Waals surface area contributed by atoms with E-state index in [4.69, 9.17) is 23.3 Å². The van der Waals surface area contributed by atoms with Crippen LogP contribution in [0, 0.1) is 0 Å². The van der Waals surface area contributed by atoms with Gasteiger partial charge in [-0.1, -0.05) is 0 Å². The van der Waals surface area contributed by atoms with Gasteiger partial charge in [0.1, 0.15) is 48.8 Å². The standard InChI is InChI=1S/C14H25NO17S2/c1-4(16)15-7-9(18)12(6(30-13(7)21)3-29-34(25,26)27)32-14-11(20)10(19)8(17)5(31-14)2-28-33(22,23)24/h5-14,17-21H,2-3H2,1H3,(H,15,16)(H,22,23,24)(H,25,26,27)/t5-,6-,7-,8+,9-,10+,11-,12-,13+,14+/m1/s1. The molecule has 0 aromatic rings. The topological polar surface area (TPSA) is 285 Å².